The van der Waals surface area contributed by atoms with Crippen LogP contribution in [0.25, 0.3) is 0 Å². The van der Waals surface area contributed by atoms with E-state index in [4.69, 9.17) is 10.00 Å². The lowest BCUT2D eigenvalue weighted by Crippen LogP contribution is -2.34. The number of rotatable bonds is 0. The normalized spacial score (nSPS) is 22.4. The van der Waals surface area contributed by atoms with Crippen LogP contribution in [0.5, 0.6) is 5.75 Å². The summed E-state index contributed by atoms with van der Waals surface area (Å²) in [5.74, 6) is 0.623. The smallest absolute Gasteiger partial charge is 0.127 e. The van der Waals surface area contributed by atoms with Crippen molar-refractivity contribution in [3.05, 3.63) is 29.3 Å². The maximum atomic E-state index is 9.90. The number of nitriles is 1. The van der Waals surface area contributed by atoms with E-state index < -0.39 is 6.10 Å². The van der Waals surface area contributed by atoms with Crippen LogP contribution in [0.1, 0.15) is 37.5 Å². The molecule has 0 saturated carbocycles. The maximum Gasteiger partial charge on any atom is 0.127 e. The van der Waals surface area contributed by atoms with Gasteiger partial charge in [0.1, 0.15) is 11.4 Å². The predicted molar refractivity (Wildman–Crippen MR) is 55.4 cm³/mol. The van der Waals surface area contributed by atoms with Gasteiger partial charge >= 0.3 is 0 Å². The molecule has 2 rings (SSSR count). The average Bonchev–Trinajstić information content (AvgIpc) is 2.14. The fraction of sp³-hybridized carbons (Fsp3) is 0.417. The Balaban J connectivity index is 2.47. The van der Waals surface area contributed by atoms with Crippen molar-refractivity contribution in [3.63, 3.8) is 0 Å². The minimum absolute atomic E-state index is 0.375. The molecule has 1 aromatic carbocycles. The Bertz CT molecular complexity index is 432. The van der Waals surface area contributed by atoms with Crippen LogP contribution in [0, 0.1) is 11.3 Å². The fourth-order valence-electron chi connectivity index (χ4n) is 1.88. The first-order valence-electron chi connectivity index (χ1n) is 4.93. The van der Waals surface area contributed by atoms with Crippen LogP contribution in [0.4, 0.5) is 0 Å². The fourth-order valence-corrected chi connectivity index (χ4v) is 1.88. The van der Waals surface area contributed by atoms with E-state index in [0.717, 1.165) is 5.56 Å². The van der Waals surface area contributed by atoms with Crippen molar-refractivity contribution in [1.29, 1.82) is 5.26 Å². The molecular formula is C12H13NO2. The van der Waals surface area contributed by atoms with Crippen LogP contribution in [-0.2, 0) is 0 Å². The van der Waals surface area contributed by atoms with Crippen molar-refractivity contribution in [2.24, 2.45) is 0 Å². The van der Waals surface area contributed by atoms with Crippen molar-refractivity contribution in [1.82, 2.24) is 0 Å². The number of fused-ring (bicyclic) bond motifs is 1. The summed E-state index contributed by atoms with van der Waals surface area (Å²) in [5, 5.41) is 18.7. The van der Waals surface area contributed by atoms with Gasteiger partial charge in [-0.3, -0.25) is 0 Å². The molecule has 0 aliphatic carbocycles. The van der Waals surface area contributed by atoms with Gasteiger partial charge < -0.3 is 9.84 Å². The van der Waals surface area contributed by atoms with E-state index in [1.807, 2.05) is 13.8 Å². The highest BCUT2D eigenvalue weighted by molar-refractivity contribution is 5.45. The Morgan fingerprint density at radius 3 is 2.93 bits per heavy atom. The van der Waals surface area contributed by atoms with Crippen molar-refractivity contribution >= 4 is 0 Å². The predicted octanol–water partition coefficient (Wildman–Crippen LogP) is 2.15. The van der Waals surface area contributed by atoms with Gasteiger partial charge in [-0.25, -0.2) is 0 Å². The molecule has 1 N–H and O–H groups in total. The Morgan fingerprint density at radius 1 is 1.53 bits per heavy atom. The molecule has 0 radical (unpaired) electrons. The molecule has 1 aromatic rings. The Labute approximate surface area is 88.9 Å². The molecule has 78 valence electrons. The second-order valence-corrected chi connectivity index (χ2v) is 4.45. The van der Waals surface area contributed by atoms with Gasteiger partial charge in [0.25, 0.3) is 0 Å². The van der Waals surface area contributed by atoms with E-state index in [1.54, 1.807) is 18.2 Å². The van der Waals surface area contributed by atoms with Gasteiger partial charge in [0.2, 0.25) is 0 Å². The molecule has 1 unspecified atom stereocenters. The van der Waals surface area contributed by atoms with Crippen LogP contribution in [0.2, 0.25) is 0 Å². The summed E-state index contributed by atoms with van der Waals surface area (Å²) in [4.78, 5) is 0. The third-order valence-electron chi connectivity index (χ3n) is 2.57. The summed E-state index contributed by atoms with van der Waals surface area (Å²) in [6.45, 7) is 3.86. The highest BCUT2D eigenvalue weighted by Gasteiger charge is 2.32. The van der Waals surface area contributed by atoms with Crippen LogP contribution in [0.15, 0.2) is 18.2 Å². The molecule has 0 aromatic heterocycles. The Kier molecular flexibility index (Phi) is 2.17. The first-order chi connectivity index (χ1) is 7.02. The van der Waals surface area contributed by atoms with Gasteiger partial charge in [-0.15, -0.1) is 0 Å². The lowest BCUT2D eigenvalue weighted by atomic mass is 9.91. The minimum Gasteiger partial charge on any atom is -0.487 e. The third-order valence-corrected chi connectivity index (χ3v) is 2.57. The molecule has 0 amide bonds. The van der Waals surface area contributed by atoms with Gasteiger partial charge in [-0.2, -0.15) is 5.26 Å². The Morgan fingerprint density at radius 2 is 2.27 bits per heavy atom. The molecule has 0 spiro atoms. The van der Waals surface area contributed by atoms with E-state index in [0.29, 0.717) is 17.7 Å². The standard InChI is InChI=1S/C12H13NO2/c1-12(2)6-10(14)9-4-3-8(7-13)5-11(9)15-12/h3-5,10,14H,6H2,1-2H3. The SMILES string of the molecule is CC1(C)CC(O)c2ccc(C#N)cc2O1. The first kappa shape index (κ1) is 10.0. The van der Waals surface area contributed by atoms with E-state index >= 15 is 0 Å². The van der Waals surface area contributed by atoms with Crippen molar-refractivity contribution in [2.45, 2.75) is 32.0 Å². The van der Waals surface area contributed by atoms with Crippen LogP contribution >= 0.6 is 0 Å². The molecule has 15 heavy (non-hydrogen) atoms. The van der Waals surface area contributed by atoms with E-state index in [9.17, 15) is 5.11 Å². The van der Waals surface area contributed by atoms with Crippen molar-refractivity contribution in [3.8, 4) is 11.8 Å². The zero-order chi connectivity index (χ0) is 11.1. The third kappa shape index (κ3) is 1.81. The number of aliphatic hydroxyl groups excluding tert-OH is 1. The summed E-state index contributed by atoms with van der Waals surface area (Å²) < 4.78 is 5.72. The number of ether oxygens (including phenoxy) is 1. The largest absolute Gasteiger partial charge is 0.487 e. The molecule has 0 fully saturated rings. The summed E-state index contributed by atoms with van der Waals surface area (Å²) in [6.07, 6.45) is 0.0721. The van der Waals surface area contributed by atoms with E-state index in [2.05, 4.69) is 6.07 Å². The molecule has 0 bridgehead atoms. The van der Waals surface area contributed by atoms with Gasteiger partial charge in [0, 0.05) is 12.0 Å². The van der Waals surface area contributed by atoms with Crippen LogP contribution in [-0.4, -0.2) is 10.7 Å². The summed E-state index contributed by atoms with van der Waals surface area (Å²) >= 11 is 0. The Hall–Kier alpha value is -1.53. The lowest BCUT2D eigenvalue weighted by molar-refractivity contribution is 0.0115. The highest BCUT2D eigenvalue weighted by Crippen LogP contribution is 2.39. The van der Waals surface area contributed by atoms with Gasteiger partial charge in [0.05, 0.1) is 17.7 Å². The monoisotopic (exact) mass is 203 g/mol. The number of hydrogen-bond acceptors (Lipinski definition) is 3. The molecule has 3 nitrogen and oxygen atoms in total. The topological polar surface area (TPSA) is 53.2 Å². The van der Waals surface area contributed by atoms with Crippen LogP contribution in [0.3, 0.4) is 0 Å². The minimum atomic E-state index is -0.503. The molecule has 3 heteroatoms. The van der Waals surface area contributed by atoms with Crippen molar-refractivity contribution in [2.75, 3.05) is 0 Å². The maximum absolute atomic E-state index is 9.90. The van der Waals surface area contributed by atoms with Gasteiger partial charge in [-0.05, 0) is 26.0 Å². The second-order valence-electron chi connectivity index (χ2n) is 4.45. The average molecular weight is 203 g/mol. The molecular weight excluding hydrogens is 190 g/mol. The van der Waals surface area contributed by atoms with Crippen molar-refractivity contribution < 1.29 is 9.84 Å². The zero-order valence-electron chi connectivity index (χ0n) is 8.82. The number of benzene rings is 1. The van der Waals surface area contributed by atoms with Gasteiger partial charge in [-0.1, -0.05) is 6.07 Å². The molecule has 1 heterocycles. The summed E-state index contributed by atoms with van der Waals surface area (Å²) in [7, 11) is 0. The first-order valence-corrected chi connectivity index (χ1v) is 4.93. The number of hydrogen-bond donors (Lipinski definition) is 1. The number of nitrogens with zero attached hydrogens (tertiary/aromatic N) is 1. The second kappa shape index (κ2) is 3.25. The lowest BCUT2D eigenvalue weighted by Gasteiger charge is -2.35. The van der Waals surface area contributed by atoms with Crippen LogP contribution < -0.4 is 4.74 Å². The summed E-state index contributed by atoms with van der Waals surface area (Å²) in [6, 6.07) is 7.19. The zero-order valence-corrected chi connectivity index (χ0v) is 8.82. The van der Waals surface area contributed by atoms with E-state index in [1.165, 1.54) is 0 Å². The quantitative estimate of drug-likeness (QED) is 0.703. The molecule has 1 atom stereocenters. The molecule has 1 aliphatic heterocycles. The van der Waals surface area contributed by atoms with Gasteiger partial charge in [0.15, 0.2) is 0 Å². The molecule has 0 saturated heterocycles. The van der Waals surface area contributed by atoms with E-state index in [-0.39, 0.29) is 5.60 Å². The number of aliphatic hydroxyl groups is 1. The molecule has 1 aliphatic rings. The summed E-state index contributed by atoms with van der Waals surface area (Å²) in [5.41, 5.74) is 0.951. The highest BCUT2D eigenvalue weighted by atomic mass is 16.5.